The molecule has 0 aliphatic carbocycles. The van der Waals surface area contributed by atoms with Crippen LogP contribution in [-0.2, 0) is 6.54 Å². The molecular weight excluding hydrogens is 370 g/mol. The standard InChI is InChI=1S/C17H22BrN5O/c1-11-9-14(18)4-3-13(11)10-20-17(24)16-12(2)23(22-21-16)15-5-7-19-8-6-15/h3-4,9,15,19H,5-8,10H2,1-2H3,(H,20,24). The van der Waals surface area contributed by atoms with Gasteiger partial charge in [-0.3, -0.25) is 4.79 Å². The summed E-state index contributed by atoms with van der Waals surface area (Å²) in [6.45, 7) is 6.40. The highest BCUT2D eigenvalue weighted by Gasteiger charge is 2.22. The van der Waals surface area contributed by atoms with E-state index < -0.39 is 0 Å². The van der Waals surface area contributed by atoms with E-state index in [0.717, 1.165) is 47.2 Å². The van der Waals surface area contributed by atoms with Crippen LogP contribution in [-0.4, -0.2) is 34.0 Å². The zero-order chi connectivity index (χ0) is 17.1. The molecule has 7 heteroatoms. The molecule has 2 heterocycles. The highest BCUT2D eigenvalue weighted by molar-refractivity contribution is 9.10. The molecule has 0 spiro atoms. The van der Waals surface area contributed by atoms with Gasteiger partial charge in [0.15, 0.2) is 5.69 Å². The van der Waals surface area contributed by atoms with Crippen molar-refractivity contribution in [3.8, 4) is 0 Å². The Balaban J connectivity index is 1.68. The lowest BCUT2D eigenvalue weighted by atomic mass is 10.1. The molecule has 2 aromatic rings. The van der Waals surface area contributed by atoms with Crippen molar-refractivity contribution in [1.29, 1.82) is 0 Å². The highest BCUT2D eigenvalue weighted by Crippen LogP contribution is 2.20. The minimum Gasteiger partial charge on any atom is -0.346 e. The van der Waals surface area contributed by atoms with Crippen LogP contribution in [0.5, 0.6) is 0 Å². The van der Waals surface area contributed by atoms with Crippen molar-refractivity contribution in [2.24, 2.45) is 0 Å². The van der Waals surface area contributed by atoms with Crippen molar-refractivity contribution in [1.82, 2.24) is 25.6 Å². The molecule has 1 fully saturated rings. The largest absolute Gasteiger partial charge is 0.346 e. The van der Waals surface area contributed by atoms with E-state index in [1.165, 1.54) is 0 Å². The molecule has 1 saturated heterocycles. The Labute approximate surface area is 150 Å². The van der Waals surface area contributed by atoms with E-state index in [1.54, 1.807) is 0 Å². The topological polar surface area (TPSA) is 71.8 Å². The van der Waals surface area contributed by atoms with Crippen LogP contribution in [0.3, 0.4) is 0 Å². The first-order valence-corrected chi connectivity index (χ1v) is 9.01. The fourth-order valence-corrected chi connectivity index (χ4v) is 3.54. The zero-order valence-electron chi connectivity index (χ0n) is 14.0. The van der Waals surface area contributed by atoms with Crippen molar-refractivity contribution in [3.63, 3.8) is 0 Å². The summed E-state index contributed by atoms with van der Waals surface area (Å²) in [6.07, 6.45) is 2.03. The summed E-state index contributed by atoms with van der Waals surface area (Å²) in [5.41, 5.74) is 3.49. The van der Waals surface area contributed by atoms with E-state index in [0.29, 0.717) is 18.3 Å². The summed E-state index contributed by atoms with van der Waals surface area (Å²) >= 11 is 3.45. The summed E-state index contributed by atoms with van der Waals surface area (Å²) in [7, 11) is 0. The van der Waals surface area contributed by atoms with E-state index >= 15 is 0 Å². The molecule has 1 aliphatic rings. The average molecular weight is 392 g/mol. The van der Waals surface area contributed by atoms with Crippen LogP contribution < -0.4 is 10.6 Å². The molecule has 0 atom stereocenters. The fourth-order valence-electron chi connectivity index (χ4n) is 3.07. The first kappa shape index (κ1) is 17.1. The molecule has 24 heavy (non-hydrogen) atoms. The van der Waals surface area contributed by atoms with Gasteiger partial charge < -0.3 is 10.6 Å². The van der Waals surface area contributed by atoms with Gasteiger partial charge in [-0.15, -0.1) is 5.10 Å². The van der Waals surface area contributed by atoms with Crippen molar-refractivity contribution in [3.05, 3.63) is 45.2 Å². The van der Waals surface area contributed by atoms with Gasteiger partial charge in [-0.2, -0.15) is 0 Å². The molecule has 1 aromatic carbocycles. The Bertz CT molecular complexity index is 737. The lowest BCUT2D eigenvalue weighted by molar-refractivity contribution is 0.0945. The highest BCUT2D eigenvalue weighted by atomic mass is 79.9. The van der Waals surface area contributed by atoms with Gasteiger partial charge in [0.2, 0.25) is 0 Å². The van der Waals surface area contributed by atoms with Crippen LogP contribution >= 0.6 is 15.9 Å². The summed E-state index contributed by atoms with van der Waals surface area (Å²) in [5.74, 6) is -0.171. The number of aryl methyl sites for hydroxylation is 1. The van der Waals surface area contributed by atoms with Gasteiger partial charge in [0.1, 0.15) is 0 Å². The number of nitrogens with one attached hydrogen (secondary N) is 2. The molecule has 0 bridgehead atoms. The van der Waals surface area contributed by atoms with Gasteiger partial charge in [0.25, 0.3) is 5.91 Å². The number of piperidine rings is 1. The van der Waals surface area contributed by atoms with Gasteiger partial charge in [-0.05, 0) is 63.0 Å². The zero-order valence-corrected chi connectivity index (χ0v) is 15.6. The molecule has 1 aliphatic heterocycles. The molecule has 0 radical (unpaired) electrons. The number of halogens is 1. The molecule has 128 valence electrons. The average Bonchev–Trinajstić information content (AvgIpc) is 2.96. The van der Waals surface area contributed by atoms with Crippen molar-refractivity contribution < 1.29 is 4.79 Å². The van der Waals surface area contributed by atoms with Crippen LogP contribution in [0.4, 0.5) is 0 Å². The SMILES string of the molecule is Cc1cc(Br)ccc1CNC(=O)c1nnn(C2CCNCC2)c1C. The normalized spacial score (nSPS) is 15.5. The molecule has 1 aromatic heterocycles. The number of aromatic nitrogens is 3. The Hall–Kier alpha value is -1.73. The first-order chi connectivity index (χ1) is 11.6. The second-order valence-electron chi connectivity index (χ2n) is 6.20. The lowest BCUT2D eigenvalue weighted by Crippen LogP contribution is -2.30. The maximum Gasteiger partial charge on any atom is 0.274 e. The Morgan fingerprint density at radius 2 is 2.12 bits per heavy atom. The predicted octanol–water partition coefficient (Wildman–Crippen LogP) is 2.51. The summed E-state index contributed by atoms with van der Waals surface area (Å²) in [4.78, 5) is 12.5. The van der Waals surface area contributed by atoms with Gasteiger partial charge in [-0.1, -0.05) is 27.2 Å². The summed E-state index contributed by atoms with van der Waals surface area (Å²) in [5, 5.41) is 14.6. The minimum atomic E-state index is -0.171. The Kier molecular flexibility index (Phi) is 5.30. The minimum absolute atomic E-state index is 0.171. The second kappa shape index (κ2) is 7.44. The van der Waals surface area contributed by atoms with Crippen LogP contribution in [0.25, 0.3) is 0 Å². The number of carbonyl (C=O) groups excluding carboxylic acids is 1. The number of benzene rings is 1. The molecule has 0 saturated carbocycles. The lowest BCUT2D eigenvalue weighted by Gasteiger charge is -2.23. The van der Waals surface area contributed by atoms with Crippen molar-refractivity contribution in [2.75, 3.05) is 13.1 Å². The van der Waals surface area contributed by atoms with Crippen LogP contribution in [0.15, 0.2) is 22.7 Å². The van der Waals surface area contributed by atoms with Gasteiger partial charge in [0.05, 0.1) is 11.7 Å². The molecule has 0 unspecified atom stereocenters. The monoisotopic (exact) mass is 391 g/mol. The number of hydrogen-bond donors (Lipinski definition) is 2. The van der Waals surface area contributed by atoms with E-state index in [9.17, 15) is 4.79 Å². The maximum absolute atomic E-state index is 12.5. The summed E-state index contributed by atoms with van der Waals surface area (Å²) < 4.78 is 2.94. The Morgan fingerprint density at radius 1 is 1.38 bits per heavy atom. The number of hydrogen-bond acceptors (Lipinski definition) is 4. The van der Waals surface area contributed by atoms with Crippen LogP contribution in [0.1, 0.15) is 46.2 Å². The quantitative estimate of drug-likeness (QED) is 0.839. The maximum atomic E-state index is 12.5. The third kappa shape index (κ3) is 3.67. The molecule has 2 N–H and O–H groups in total. The van der Waals surface area contributed by atoms with E-state index in [-0.39, 0.29) is 5.91 Å². The third-order valence-corrected chi connectivity index (χ3v) is 5.03. The summed E-state index contributed by atoms with van der Waals surface area (Å²) in [6, 6.07) is 6.36. The first-order valence-electron chi connectivity index (χ1n) is 8.22. The molecule has 3 rings (SSSR count). The van der Waals surface area contributed by atoms with E-state index in [4.69, 9.17) is 0 Å². The molecule has 6 nitrogen and oxygen atoms in total. The van der Waals surface area contributed by atoms with Crippen molar-refractivity contribution in [2.45, 2.75) is 39.3 Å². The van der Waals surface area contributed by atoms with Gasteiger partial charge >= 0.3 is 0 Å². The third-order valence-electron chi connectivity index (χ3n) is 4.54. The number of carbonyl (C=O) groups is 1. The van der Waals surface area contributed by atoms with E-state index in [1.807, 2.05) is 36.7 Å². The van der Waals surface area contributed by atoms with Crippen LogP contribution in [0, 0.1) is 13.8 Å². The van der Waals surface area contributed by atoms with Crippen LogP contribution in [0.2, 0.25) is 0 Å². The van der Waals surface area contributed by atoms with Gasteiger partial charge in [0, 0.05) is 11.0 Å². The smallest absolute Gasteiger partial charge is 0.274 e. The molecule has 1 amide bonds. The van der Waals surface area contributed by atoms with Gasteiger partial charge in [-0.25, -0.2) is 4.68 Å². The number of rotatable bonds is 4. The van der Waals surface area contributed by atoms with E-state index in [2.05, 4.69) is 36.9 Å². The number of nitrogens with zero attached hydrogens (tertiary/aromatic N) is 3. The van der Waals surface area contributed by atoms with Crippen molar-refractivity contribution >= 4 is 21.8 Å². The Morgan fingerprint density at radius 3 is 2.83 bits per heavy atom. The molecular formula is C17H22BrN5O. The predicted molar refractivity (Wildman–Crippen MR) is 95.9 cm³/mol. The fraction of sp³-hybridized carbons (Fsp3) is 0.471. The number of amides is 1. The second-order valence-corrected chi connectivity index (χ2v) is 7.12.